The number of benzene rings is 2. The second-order valence-corrected chi connectivity index (χ2v) is 14.2. The molecular weight excluding hydrogens is 611 g/mol. The fraction of sp³-hybridized carbons (Fsp3) is 0.500. The molecule has 11 nitrogen and oxygen atoms in total. The number of nitrogens with one attached hydrogen (secondary N) is 2. The number of likely N-dealkylation sites (tertiary alicyclic amines) is 3. The summed E-state index contributed by atoms with van der Waals surface area (Å²) in [6, 6.07) is 17.5. The number of ether oxygens (including phenoxy) is 2. The number of carbonyl (C=O) groups is 1. The van der Waals surface area contributed by atoms with Crippen molar-refractivity contribution in [3.8, 4) is 11.5 Å². The third-order valence-corrected chi connectivity index (χ3v) is 9.39. The number of carbonyl (C=O) groups excluding carboxylic acids is 1. The minimum atomic E-state index is -1.27. The fourth-order valence-electron chi connectivity index (χ4n) is 6.69. The number of alkyl halides is 1. The molecule has 0 aliphatic carbocycles. The van der Waals surface area contributed by atoms with Crippen molar-refractivity contribution >= 4 is 23.4 Å². The summed E-state index contributed by atoms with van der Waals surface area (Å²) in [5.41, 5.74) is 5.89. The number of rotatable bonds is 9. The van der Waals surface area contributed by atoms with Crippen LogP contribution in [0.25, 0.3) is 0 Å². The van der Waals surface area contributed by atoms with Crippen molar-refractivity contribution in [1.82, 2.24) is 24.7 Å². The molecule has 3 saturated heterocycles. The normalized spacial score (nSPS) is 19.4. The predicted octanol–water partition coefficient (Wildman–Crippen LogP) is 5.57. The van der Waals surface area contributed by atoms with E-state index in [2.05, 4.69) is 25.1 Å². The van der Waals surface area contributed by atoms with Crippen LogP contribution < -0.4 is 15.8 Å². The maximum atomic E-state index is 15.7. The molecule has 4 heterocycles. The Morgan fingerprint density at radius 3 is 2.29 bits per heavy atom. The van der Waals surface area contributed by atoms with Crippen molar-refractivity contribution in [2.75, 3.05) is 56.9 Å². The Balaban J connectivity index is 0.963. The SMILES string of the molecule is CC(C)(C)OC(=O)N1CCC(F)(CN2CC(N3CCC(Nc4ncnc(N)c4C(=N)c4ccc(Oc5ccccc5)cc4)CC3)C2)CC1. The van der Waals surface area contributed by atoms with Crippen LogP contribution in [-0.4, -0.2) is 106 Å². The highest BCUT2D eigenvalue weighted by molar-refractivity contribution is 6.16. The van der Waals surface area contributed by atoms with Crippen molar-refractivity contribution in [3.05, 3.63) is 72.1 Å². The molecule has 48 heavy (non-hydrogen) atoms. The number of aromatic nitrogens is 2. The van der Waals surface area contributed by atoms with Crippen LogP contribution in [0, 0.1) is 5.41 Å². The molecule has 3 fully saturated rings. The zero-order valence-electron chi connectivity index (χ0n) is 28.1. The van der Waals surface area contributed by atoms with Gasteiger partial charge in [0.15, 0.2) is 0 Å². The molecule has 3 aromatic rings. The number of nitrogens with zero attached hydrogens (tertiary/aromatic N) is 5. The van der Waals surface area contributed by atoms with Gasteiger partial charge in [0.05, 0.1) is 11.3 Å². The Hall–Kier alpha value is -4.29. The van der Waals surface area contributed by atoms with E-state index in [0.717, 1.165) is 44.8 Å². The number of nitrogens with two attached hydrogens (primary N) is 1. The van der Waals surface area contributed by atoms with E-state index in [1.165, 1.54) is 6.33 Å². The third-order valence-electron chi connectivity index (χ3n) is 9.39. The lowest BCUT2D eigenvalue weighted by Gasteiger charge is -2.50. The van der Waals surface area contributed by atoms with Crippen molar-refractivity contribution in [2.24, 2.45) is 0 Å². The van der Waals surface area contributed by atoms with Gasteiger partial charge in [0, 0.05) is 76.3 Å². The number of halogens is 1. The molecule has 256 valence electrons. The molecule has 0 unspecified atom stereocenters. The van der Waals surface area contributed by atoms with Crippen molar-refractivity contribution < 1.29 is 18.7 Å². The maximum absolute atomic E-state index is 15.7. The van der Waals surface area contributed by atoms with E-state index in [4.69, 9.17) is 20.6 Å². The molecule has 0 bridgehead atoms. The molecule has 1 amide bonds. The highest BCUT2D eigenvalue weighted by Crippen LogP contribution is 2.32. The summed E-state index contributed by atoms with van der Waals surface area (Å²) in [5, 5.41) is 12.5. The van der Waals surface area contributed by atoms with Crippen molar-refractivity contribution in [3.63, 3.8) is 0 Å². The van der Waals surface area contributed by atoms with E-state index in [1.54, 1.807) is 4.90 Å². The van der Waals surface area contributed by atoms with Crippen LogP contribution in [0.3, 0.4) is 0 Å². The zero-order valence-corrected chi connectivity index (χ0v) is 28.1. The van der Waals surface area contributed by atoms with E-state index >= 15 is 4.39 Å². The molecule has 4 N–H and O–H groups in total. The lowest BCUT2D eigenvalue weighted by molar-refractivity contribution is -0.0385. The molecular formula is C36H47FN8O3. The number of amides is 1. The molecule has 12 heteroatoms. The molecule has 6 rings (SSSR count). The Kier molecular flexibility index (Phi) is 9.84. The monoisotopic (exact) mass is 658 g/mol. The van der Waals surface area contributed by atoms with Gasteiger partial charge in [0.1, 0.15) is 40.7 Å². The number of para-hydroxylation sites is 1. The minimum absolute atomic E-state index is 0.184. The smallest absolute Gasteiger partial charge is 0.410 e. The van der Waals surface area contributed by atoms with Gasteiger partial charge in [-0.3, -0.25) is 15.2 Å². The van der Waals surface area contributed by atoms with E-state index in [9.17, 15) is 4.79 Å². The fourth-order valence-corrected chi connectivity index (χ4v) is 6.69. The van der Waals surface area contributed by atoms with E-state index in [1.807, 2.05) is 75.4 Å². The number of hydrogen-bond donors (Lipinski definition) is 3. The third kappa shape index (κ3) is 8.22. The summed E-state index contributed by atoms with van der Waals surface area (Å²) in [4.78, 5) is 27.4. The standard InChI is InChI=1S/C36H47FN8O3/c1-35(2,3)48-34(46)45-19-15-36(37,16-20-45)23-43-21-27(22-43)44-17-13-26(14-18-44)42-33-30(32(39)40-24-41-33)31(38)25-9-11-29(12-10-25)47-28-7-5-4-6-8-28/h4-12,24,26-27,38H,13-23H2,1-3H3,(H3,39,40,41,42). The van der Waals surface area contributed by atoms with Crippen LogP contribution in [0.5, 0.6) is 11.5 Å². The number of nitrogen functional groups attached to an aromatic ring is 1. The summed E-state index contributed by atoms with van der Waals surface area (Å²) >= 11 is 0. The van der Waals surface area contributed by atoms with Crippen molar-refractivity contribution in [1.29, 1.82) is 5.41 Å². The molecule has 1 aromatic heterocycles. The van der Waals surface area contributed by atoms with Gasteiger partial charge in [-0.05, 0) is 70.0 Å². The first-order valence-electron chi connectivity index (χ1n) is 16.9. The molecule has 0 radical (unpaired) electrons. The van der Waals surface area contributed by atoms with Gasteiger partial charge in [-0.15, -0.1) is 0 Å². The number of piperidine rings is 2. The number of hydrogen-bond acceptors (Lipinski definition) is 10. The largest absolute Gasteiger partial charge is 0.457 e. The summed E-state index contributed by atoms with van der Waals surface area (Å²) < 4.78 is 27.0. The van der Waals surface area contributed by atoms with Crippen LogP contribution in [0.4, 0.5) is 20.8 Å². The first-order chi connectivity index (χ1) is 22.9. The van der Waals surface area contributed by atoms with Crippen LogP contribution in [-0.2, 0) is 4.74 Å². The molecule has 0 spiro atoms. The highest BCUT2D eigenvalue weighted by atomic mass is 19.1. The second-order valence-electron chi connectivity index (χ2n) is 14.2. The first kappa shape index (κ1) is 33.6. The first-order valence-corrected chi connectivity index (χ1v) is 16.9. The summed E-state index contributed by atoms with van der Waals surface area (Å²) in [6.07, 6.45) is 3.60. The predicted molar refractivity (Wildman–Crippen MR) is 185 cm³/mol. The molecule has 2 aromatic carbocycles. The maximum Gasteiger partial charge on any atom is 0.410 e. The van der Waals surface area contributed by atoms with Gasteiger partial charge in [-0.1, -0.05) is 18.2 Å². The van der Waals surface area contributed by atoms with Gasteiger partial charge < -0.3 is 25.4 Å². The topological polar surface area (TPSA) is 133 Å². The Morgan fingerprint density at radius 2 is 1.65 bits per heavy atom. The molecule has 3 aliphatic heterocycles. The van der Waals surface area contributed by atoms with E-state index in [-0.39, 0.29) is 23.7 Å². The van der Waals surface area contributed by atoms with Crippen molar-refractivity contribution in [2.45, 2.75) is 69.8 Å². The van der Waals surface area contributed by atoms with Crippen LogP contribution in [0.2, 0.25) is 0 Å². The number of anilines is 2. The lowest BCUT2D eigenvalue weighted by Crippen LogP contribution is -2.64. The van der Waals surface area contributed by atoms with Crippen LogP contribution >= 0.6 is 0 Å². The Bertz CT molecular complexity index is 1560. The molecule has 3 aliphatic rings. The quantitative estimate of drug-likeness (QED) is 0.253. The average Bonchev–Trinajstić information content (AvgIpc) is 3.03. The van der Waals surface area contributed by atoms with Gasteiger partial charge in [0.25, 0.3) is 0 Å². The summed E-state index contributed by atoms with van der Waals surface area (Å²) in [5.74, 6) is 2.25. The molecule has 0 saturated carbocycles. The minimum Gasteiger partial charge on any atom is -0.457 e. The van der Waals surface area contributed by atoms with Gasteiger partial charge in [-0.25, -0.2) is 19.2 Å². The van der Waals surface area contributed by atoms with Crippen LogP contribution in [0.15, 0.2) is 60.9 Å². The average molecular weight is 659 g/mol. The Labute approximate surface area is 282 Å². The van der Waals surface area contributed by atoms with E-state index in [0.29, 0.717) is 61.2 Å². The van der Waals surface area contributed by atoms with Gasteiger partial charge in [0.2, 0.25) is 0 Å². The lowest BCUT2D eigenvalue weighted by atomic mass is 9.90. The molecule has 0 atom stereocenters. The van der Waals surface area contributed by atoms with E-state index < -0.39 is 11.3 Å². The summed E-state index contributed by atoms with van der Waals surface area (Å²) in [6.45, 7) is 10.3. The highest BCUT2D eigenvalue weighted by Gasteiger charge is 2.42. The van der Waals surface area contributed by atoms with Gasteiger partial charge >= 0.3 is 6.09 Å². The Morgan fingerprint density at radius 1 is 1.00 bits per heavy atom. The van der Waals surface area contributed by atoms with Crippen LogP contribution in [0.1, 0.15) is 57.6 Å². The summed E-state index contributed by atoms with van der Waals surface area (Å²) in [7, 11) is 0. The van der Waals surface area contributed by atoms with Gasteiger partial charge in [-0.2, -0.15) is 0 Å². The zero-order chi connectivity index (χ0) is 33.9. The second kappa shape index (κ2) is 14.1.